The number of carbonyl (C=O) groups is 2. The first kappa shape index (κ1) is 20.7. The molecule has 0 aliphatic carbocycles. The molecule has 0 bridgehead atoms. The van der Waals surface area contributed by atoms with Crippen LogP contribution in [0.25, 0.3) is 0 Å². The van der Waals surface area contributed by atoms with Crippen molar-refractivity contribution in [1.82, 2.24) is 10.2 Å². The fourth-order valence-electron chi connectivity index (χ4n) is 2.16. The summed E-state index contributed by atoms with van der Waals surface area (Å²) in [6.45, 7) is 8.50. The first-order valence-electron chi connectivity index (χ1n) is 7.52. The van der Waals surface area contributed by atoms with Crippen LogP contribution in [0.4, 0.5) is 0 Å². The van der Waals surface area contributed by atoms with Gasteiger partial charge in [0.2, 0.25) is 11.5 Å². The van der Waals surface area contributed by atoms with Crippen LogP contribution >= 0.6 is 11.8 Å². The normalized spacial score (nSPS) is 18.1. The van der Waals surface area contributed by atoms with Crippen molar-refractivity contribution in [2.24, 2.45) is 0 Å². The number of carbonyl (C=O) groups excluding carboxylic acids is 2. The van der Waals surface area contributed by atoms with E-state index in [0.717, 1.165) is 38.0 Å². The fourth-order valence-corrected chi connectivity index (χ4v) is 3.14. The lowest BCUT2D eigenvalue weighted by Gasteiger charge is -2.17. The third kappa shape index (κ3) is 8.85. The SMILES string of the molecule is C=C/C=C(\C=C)CCCSC(=O)C1CCCN1C.CNC=O. The van der Waals surface area contributed by atoms with Crippen molar-refractivity contribution in [3.8, 4) is 0 Å². The Morgan fingerprint density at radius 3 is 2.59 bits per heavy atom. The molecular formula is C17H28N2O2S. The molecule has 22 heavy (non-hydrogen) atoms. The van der Waals surface area contributed by atoms with Gasteiger partial charge < -0.3 is 5.32 Å². The summed E-state index contributed by atoms with van der Waals surface area (Å²) in [5, 5.41) is 2.59. The average molecular weight is 324 g/mol. The summed E-state index contributed by atoms with van der Waals surface area (Å²) in [5.41, 5.74) is 1.19. The largest absolute Gasteiger partial charge is 0.362 e. The van der Waals surface area contributed by atoms with Crippen LogP contribution in [0.15, 0.2) is 37.0 Å². The quantitative estimate of drug-likeness (QED) is 0.424. The lowest BCUT2D eigenvalue weighted by atomic mass is 10.1. The first-order chi connectivity index (χ1) is 10.6. The zero-order valence-corrected chi connectivity index (χ0v) is 14.5. The van der Waals surface area contributed by atoms with Crippen LogP contribution in [-0.4, -0.2) is 48.9 Å². The van der Waals surface area contributed by atoms with Gasteiger partial charge in [-0.1, -0.05) is 43.1 Å². The maximum absolute atomic E-state index is 12.0. The summed E-state index contributed by atoms with van der Waals surface area (Å²) in [6, 6.07) is 0.151. The third-order valence-corrected chi connectivity index (χ3v) is 4.41. The zero-order valence-electron chi connectivity index (χ0n) is 13.7. The van der Waals surface area contributed by atoms with Gasteiger partial charge in [0.25, 0.3) is 0 Å². The molecule has 5 heteroatoms. The van der Waals surface area contributed by atoms with E-state index in [4.69, 9.17) is 4.79 Å². The molecule has 1 atom stereocenters. The average Bonchev–Trinajstić information content (AvgIpc) is 2.96. The number of nitrogens with zero attached hydrogens (tertiary/aromatic N) is 1. The molecule has 0 saturated carbocycles. The van der Waals surface area contributed by atoms with Gasteiger partial charge >= 0.3 is 0 Å². The third-order valence-electron chi connectivity index (χ3n) is 3.36. The van der Waals surface area contributed by atoms with Crippen molar-refractivity contribution in [1.29, 1.82) is 0 Å². The molecule has 1 aliphatic rings. The molecule has 0 spiro atoms. The number of likely N-dealkylation sites (tertiary alicyclic amines) is 1. The van der Waals surface area contributed by atoms with Gasteiger partial charge in [-0.2, -0.15) is 0 Å². The van der Waals surface area contributed by atoms with Crippen LogP contribution in [0.3, 0.4) is 0 Å². The molecule has 1 unspecified atom stereocenters. The molecule has 1 saturated heterocycles. The highest BCUT2D eigenvalue weighted by Gasteiger charge is 2.27. The Hall–Kier alpha value is -1.33. The maximum Gasteiger partial charge on any atom is 0.206 e. The Bertz CT molecular complexity index is 394. The predicted octanol–water partition coefficient (Wildman–Crippen LogP) is 2.78. The van der Waals surface area contributed by atoms with E-state index < -0.39 is 0 Å². The molecule has 4 nitrogen and oxygen atoms in total. The Morgan fingerprint density at radius 1 is 1.45 bits per heavy atom. The zero-order chi connectivity index (χ0) is 16.8. The standard InChI is InChI=1S/C15H23NOS.C2H5NO/c1-4-8-13(5-2)9-7-12-18-15(17)14-10-6-11-16(14)3;1-3-2-4/h4-5,8,14H,1-2,6-7,9-12H2,3H3;2H,1H3,(H,3,4)/b13-8+;. The maximum atomic E-state index is 12.0. The van der Waals surface area contributed by atoms with Gasteiger partial charge in [0, 0.05) is 12.8 Å². The summed E-state index contributed by atoms with van der Waals surface area (Å²) < 4.78 is 0. The number of thioether (sulfide) groups is 1. The number of nitrogens with one attached hydrogen (secondary N) is 1. The summed E-state index contributed by atoms with van der Waals surface area (Å²) in [6.07, 6.45) is 10.4. The molecule has 1 rings (SSSR count). The van der Waals surface area contributed by atoms with Crippen LogP contribution in [0.5, 0.6) is 0 Å². The molecule has 0 aromatic rings. The van der Waals surface area contributed by atoms with E-state index in [2.05, 4.69) is 23.4 Å². The van der Waals surface area contributed by atoms with E-state index in [-0.39, 0.29) is 6.04 Å². The lowest BCUT2D eigenvalue weighted by Crippen LogP contribution is -2.31. The van der Waals surface area contributed by atoms with E-state index in [0.29, 0.717) is 11.5 Å². The van der Waals surface area contributed by atoms with Crippen LogP contribution < -0.4 is 5.32 Å². The Morgan fingerprint density at radius 2 is 2.14 bits per heavy atom. The summed E-state index contributed by atoms with van der Waals surface area (Å²) in [4.78, 5) is 23.2. The Balaban J connectivity index is 0.000000980. The van der Waals surface area contributed by atoms with Gasteiger partial charge in [0.1, 0.15) is 0 Å². The number of rotatable bonds is 8. The summed E-state index contributed by atoms with van der Waals surface area (Å²) in [7, 11) is 3.60. The van der Waals surface area contributed by atoms with E-state index in [1.54, 1.807) is 13.1 Å². The number of hydrogen-bond acceptors (Lipinski definition) is 4. The molecule has 1 amide bonds. The molecule has 0 aromatic heterocycles. The fraction of sp³-hybridized carbons (Fsp3) is 0.529. The van der Waals surface area contributed by atoms with Gasteiger partial charge in [0.05, 0.1) is 6.04 Å². The monoisotopic (exact) mass is 324 g/mol. The second-order valence-corrected chi connectivity index (χ2v) is 6.10. The summed E-state index contributed by atoms with van der Waals surface area (Å²) in [5.74, 6) is 0.894. The number of likely N-dealkylation sites (N-methyl/N-ethyl adjacent to an activating group) is 1. The molecule has 1 heterocycles. The molecule has 1 aliphatic heterocycles. The molecular weight excluding hydrogens is 296 g/mol. The van der Waals surface area contributed by atoms with Crippen molar-refractivity contribution in [2.45, 2.75) is 31.7 Å². The minimum Gasteiger partial charge on any atom is -0.362 e. The minimum absolute atomic E-state index is 0.151. The van der Waals surface area contributed by atoms with Crippen molar-refractivity contribution in [2.75, 3.05) is 26.4 Å². The highest BCUT2D eigenvalue weighted by molar-refractivity contribution is 8.13. The number of hydrogen-bond donors (Lipinski definition) is 1. The molecule has 1 fully saturated rings. The van der Waals surface area contributed by atoms with Gasteiger partial charge in [-0.3, -0.25) is 14.5 Å². The van der Waals surface area contributed by atoms with Gasteiger partial charge in [-0.25, -0.2) is 0 Å². The second kappa shape index (κ2) is 13.3. The van der Waals surface area contributed by atoms with Crippen LogP contribution in [0.2, 0.25) is 0 Å². The van der Waals surface area contributed by atoms with E-state index in [1.165, 1.54) is 17.3 Å². The molecule has 124 valence electrons. The van der Waals surface area contributed by atoms with Crippen molar-refractivity contribution in [3.63, 3.8) is 0 Å². The van der Waals surface area contributed by atoms with Crippen LogP contribution in [0.1, 0.15) is 25.7 Å². The topological polar surface area (TPSA) is 49.4 Å². The van der Waals surface area contributed by atoms with Crippen molar-refractivity contribution < 1.29 is 9.59 Å². The number of amides is 1. The van der Waals surface area contributed by atoms with E-state index >= 15 is 0 Å². The minimum atomic E-state index is 0.151. The van der Waals surface area contributed by atoms with Crippen molar-refractivity contribution in [3.05, 3.63) is 37.0 Å². The second-order valence-electron chi connectivity index (χ2n) is 5.00. The smallest absolute Gasteiger partial charge is 0.206 e. The van der Waals surface area contributed by atoms with Crippen LogP contribution in [-0.2, 0) is 9.59 Å². The number of allylic oxidation sites excluding steroid dienone is 4. The molecule has 0 radical (unpaired) electrons. The highest BCUT2D eigenvalue weighted by Crippen LogP contribution is 2.22. The van der Waals surface area contributed by atoms with E-state index in [1.807, 2.05) is 19.2 Å². The van der Waals surface area contributed by atoms with E-state index in [9.17, 15) is 4.79 Å². The lowest BCUT2D eigenvalue weighted by molar-refractivity contribution is -0.114. The predicted molar refractivity (Wildman–Crippen MR) is 96.0 cm³/mol. The first-order valence-corrected chi connectivity index (χ1v) is 8.51. The molecule has 1 N–H and O–H groups in total. The van der Waals surface area contributed by atoms with Crippen LogP contribution in [0, 0.1) is 0 Å². The summed E-state index contributed by atoms with van der Waals surface area (Å²) >= 11 is 1.48. The van der Waals surface area contributed by atoms with Gasteiger partial charge in [-0.15, -0.1) is 0 Å². The molecule has 0 aromatic carbocycles. The highest BCUT2D eigenvalue weighted by atomic mass is 32.2. The van der Waals surface area contributed by atoms with Gasteiger partial charge in [0.15, 0.2) is 0 Å². The van der Waals surface area contributed by atoms with Gasteiger partial charge in [-0.05, 0) is 44.8 Å². The Kier molecular flexibility index (Phi) is 12.5. The van der Waals surface area contributed by atoms with Crippen molar-refractivity contribution >= 4 is 23.3 Å². The Labute approximate surface area is 138 Å².